The molecule has 4 bridgehead atoms. The number of nitrogens with one attached hydrogen (secondary N) is 1. The van der Waals surface area contributed by atoms with Gasteiger partial charge in [-0.15, -0.1) is 0 Å². The Kier molecular flexibility index (Phi) is 5.67. The van der Waals surface area contributed by atoms with Crippen molar-refractivity contribution in [2.24, 2.45) is 16.7 Å². The van der Waals surface area contributed by atoms with Crippen molar-refractivity contribution >= 4 is 23.2 Å². The number of ether oxygens (including phenoxy) is 2. The lowest BCUT2D eigenvalue weighted by Gasteiger charge is -2.65. The van der Waals surface area contributed by atoms with E-state index in [2.05, 4.69) is 25.2 Å². The van der Waals surface area contributed by atoms with Crippen molar-refractivity contribution in [3.05, 3.63) is 57.6 Å². The maximum Gasteiger partial charge on any atom is 0.180 e. The van der Waals surface area contributed by atoms with Gasteiger partial charge in [-0.1, -0.05) is 49.2 Å². The lowest BCUT2D eigenvalue weighted by Crippen LogP contribution is -2.63. The largest absolute Gasteiger partial charge is 0.493 e. The van der Waals surface area contributed by atoms with Crippen LogP contribution in [0.4, 0.5) is 0 Å². The number of hydrogen-bond donors (Lipinski definition) is 1. The SMILES string of the molecule is COc1cc(CNC23CC4CC(C)(CC(C)(C4)C2)C3)cc(Cl)c1OCc1ccc(Cl)cc1. The van der Waals surface area contributed by atoms with E-state index < -0.39 is 0 Å². The molecule has 4 aliphatic rings. The van der Waals surface area contributed by atoms with Gasteiger partial charge in [0, 0.05) is 17.1 Å². The summed E-state index contributed by atoms with van der Waals surface area (Å²) in [6, 6.07) is 11.7. The van der Waals surface area contributed by atoms with Crippen molar-refractivity contribution in [2.45, 2.75) is 71.1 Å². The highest BCUT2D eigenvalue weighted by Crippen LogP contribution is 2.66. The second-order valence-electron chi connectivity index (χ2n) is 11.3. The Balaban J connectivity index is 1.30. The summed E-state index contributed by atoms with van der Waals surface area (Å²) in [4.78, 5) is 0. The summed E-state index contributed by atoms with van der Waals surface area (Å²) in [7, 11) is 1.67. The van der Waals surface area contributed by atoms with Gasteiger partial charge < -0.3 is 14.8 Å². The van der Waals surface area contributed by atoms with E-state index in [-0.39, 0.29) is 5.54 Å². The monoisotopic (exact) mass is 473 g/mol. The fourth-order valence-corrected chi connectivity index (χ4v) is 8.10. The molecule has 32 heavy (non-hydrogen) atoms. The second-order valence-corrected chi connectivity index (χ2v) is 12.1. The molecule has 3 nitrogen and oxygen atoms in total. The lowest BCUT2D eigenvalue weighted by molar-refractivity contribution is -0.118. The molecule has 0 aliphatic heterocycles. The maximum absolute atomic E-state index is 6.65. The maximum atomic E-state index is 6.65. The van der Waals surface area contributed by atoms with Crippen molar-refractivity contribution in [3.8, 4) is 11.5 Å². The third-order valence-electron chi connectivity index (χ3n) is 7.88. The first-order chi connectivity index (χ1) is 15.2. The van der Waals surface area contributed by atoms with E-state index >= 15 is 0 Å². The average molecular weight is 474 g/mol. The number of benzene rings is 2. The fraction of sp³-hybridized carbons (Fsp3) is 0.556. The molecule has 0 amide bonds. The second kappa shape index (κ2) is 8.11. The van der Waals surface area contributed by atoms with Crippen LogP contribution in [0.1, 0.15) is 63.5 Å². The minimum atomic E-state index is 0.256. The molecule has 0 spiro atoms. The molecule has 0 radical (unpaired) electrons. The Labute approximate surface area is 201 Å². The Hall–Kier alpha value is -1.42. The van der Waals surface area contributed by atoms with Crippen molar-refractivity contribution in [1.82, 2.24) is 5.32 Å². The van der Waals surface area contributed by atoms with Crippen LogP contribution in [0, 0.1) is 16.7 Å². The molecule has 0 saturated heterocycles. The predicted octanol–water partition coefficient (Wildman–Crippen LogP) is 7.42. The van der Waals surface area contributed by atoms with Gasteiger partial charge in [0.25, 0.3) is 0 Å². The molecule has 2 aromatic carbocycles. The van der Waals surface area contributed by atoms with Crippen LogP contribution in [0.3, 0.4) is 0 Å². The van der Waals surface area contributed by atoms with Gasteiger partial charge in [0.2, 0.25) is 0 Å². The van der Waals surface area contributed by atoms with Gasteiger partial charge in [0.05, 0.1) is 12.1 Å². The average Bonchev–Trinajstić information content (AvgIpc) is 2.70. The third kappa shape index (κ3) is 4.36. The van der Waals surface area contributed by atoms with E-state index in [9.17, 15) is 0 Å². The zero-order valence-corrected chi connectivity index (χ0v) is 20.8. The van der Waals surface area contributed by atoms with Gasteiger partial charge in [0.15, 0.2) is 11.5 Å². The van der Waals surface area contributed by atoms with Crippen molar-refractivity contribution in [1.29, 1.82) is 0 Å². The van der Waals surface area contributed by atoms with Crippen LogP contribution in [0.15, 0.2) is 36.4 Å². The topological polar surface area (TPSA) is 30.5 Å². The fourth-order valence-electron chi connectivity index (χ4n) is 7.69. The zero-order valence-electron chi connectivity index (χ0n) is 19.3. The summed E-state index contributed by atoms with van der Waals surface area (Å²) < 4.78 is 11.7. The molecule has 1 N–H and O–H groups in total. The molecular weight excluding hydrogens is 441 g/mol. The molecule has 172 valence electrons. The molecule has 0 heterocycles. The van der Waals surface area contributed by atoms with Gasteiger partial charge in [-0.25, -0.2) is 0 Å². The first-order valence-corrected chi connectivity index (χ1v) is 12.4. The molecule has 2 aromatic rings. The lowest BCUT2D eigenvalue weighted by atomic mass is 9.43. The molecule has 5 heteroatoms. The van der Waals surface area contributed by atoms with E-state index in [4.69, 9.17) is 32.7 Å². The molecule has 4 saturated carbocycles. The Bertz CT molecular complexity index is 987. The molecule has 6 rings (SSSR count). The van der Waals surface area contributed by atoms with Gasteiger partial charge in [-0.2, -0.15) is 0 Å². The number of halogens is 2. The van der Waals surface area contributed by atoms with E-state index in [1.54, 1.807) is 7.11 Å². The summed E-state index contributed by atoms with van der Waals surface area (Å²) in [6.07, 6.45) is 8.10. The van der Waals surface area contributed by atoms with E-state index in [1.165, 1.54) is 38.5 Å². The highest BCUT2D eigenvalue weighted by atomic mass is 35.5. The number of methoxy groups -OCH3 is 1. The summed E-state index contributed by atoms with van der Waals surface area (Å²) in [5, 5.41) is 5.28. The number of rotatable bonds is 7. The summed E-state index contributed by atoms with van der Waals surface area (Å²) in [5.74, 6) is 2.13. The zero-order chi connectivity index (χ0) is 22.6. The van der Waals surface area contributed by atoms with Crippen LogP contribution >= 0.6 is 23.2 Å². The van der Waals surface area contributed by atoms with Crippen LogP contribution in [0.2, 0.25) is 10.0 Å². The first kappa shape index (κ1) is 22.4. The molecule has 0 aromatic heterocycles. The Morgan fingerprint density at radius 3 is 2.25 bits per heavy atom. The highest BCUT2D eigenvalue weighted by Gasteiger charge is 2.59. The normalized spacial score (nSPS) is 32.8. The van der Waals surface area contributed by atoms with Gasteiger partial charge in [-0.05, 0) is 90.7 Å². The third-order valence-corrected chi connectivity index (χ3v) is 8.41. The predicted molar refractivity (Wildman–Crippen MR) is 131 cm³/mol. The summed E-state index contributed by atoms with van der Waals surface area (Å²) >= 11 is 12.6. The minimum absolute atomic E-state index is 0.256. The summed E-state index contributed by atoms with van der Waals surface area (Å²) in [5.41, 5.74) is 3.41. The van der Waals surface area contributed by atoms with Crippen molar-refractivity contribution in [2.75, 3.05) is 7.11 Å². The van der Waals surface area contributed by atoms with Crippen LogP contribution in [0.25, 0.3) is 0 Å². The molecule has 2 unspecified atom stereocenters. The van der Waals surface area contributed by atoms with Crippen molar-refractivity contribution in [3.63, 3.8) is 0 Å². The van der Waals surface area contributed by atoms with Gasteiger partial charge >= 0.3 is 0 Å². The van der Waals surface area contributed by atoms with Crippen LogP contribution < -0.4 is 14.8 Å². The number of hydrogen-bond acceptors (Lipinski definition) is 3. The smallest absolute Gasteiger partial charge is 0.180 e. The molecule has 4 fully saturated rings. The van der Waals surface area contributed by atoms with Crippen LogP contribution in [0.5, 0.6) is 11.5 Å². The Morgan fingerprint density at radius 1 is 0.938 bits per heavy atom. The van der Waals surface area contributed by atoms with E-state index in [0.717, 1.165) is 23.6 Å². The standard InChI is InChI=1S/C27H33Cl2NO2/c1-25-10-20-11-26(2,15-25)17-27(12-20,16-25)30-13-19-8-22(29)24(23(9-19)31-3)32-14-18-4-6-21(28)7-5-18/h4-9,20,30H,10-17H2,1-3H3. The van der Waals surface area contributed by atoms with Crippen LogP contribution in [-0.2, 0) is 13.2 Å². The van der Waals surface area contributed by atoms with Crippen molar-refractivity contribution < 1.29 is 9.47 Å². The Morgan fingerprint density at radius 2 is 1.62 bits per heavy atom. The van der Waals surface area contributed by atoms with Gasteiger partial charge in [0.1, 0.15) is 6.61 Å². The highest BCUT2D eigenvalue weighted by molar-refractivity contribution is 6.32. The minimum Gasteiger partial charge on any atom is -0.493 e. The first-order valence-electron chi connectivity index (χ1n) is 11.7. The van der Waals surface area contributed by atoms with Crippen LogP contribution in [-0.4, -0.2) is 12.6 Å². The summed E-state index contributed by atoms with van der Waals surface area (Å²) in [6.45, 7) is 6.23. The van der Waals surface area contributed by atoms with Gasteiger partial charge in [-0.3, -0.25) is 0 Å². The van der Waals surface area contributed by atoms with E-state index in [0.29, 0.717) is 39.0 Å². The van der Waals surface area contributed by atoms with E-state index in [1.807, 2.05) is 30.3 Å². The molecule has 4 aliphatic carbocycles. The molecular formula is C27H33Cl2NO2. The quantitative estimate of drug-likeness (QED) is 0.453. The molecule has 2 atom stereocenters.